The number of rotatable bonds is 6. The number of alkyl halides is 2. The van der Waals surface area contributed by atoms with Crippen LogP contribution in [0.2, 0.25) is 0 Å². The van der Waals surface area contributed by atoms with Gasteiger partial charge in [0, 0.05) is 6.42 Å². The van der Waals surface area contributed by atoms with Gasteiger partial charge in [-0.1, -0.05) is 5.16 Å². The highest BCUT2D eigenvalue weighted by molar-refractivity contribution is 7.98. The van der Waals surface area contributed by atoms with Crippen molar-refractivity contribution in [3.05, 3.63) is 23.9 Å². The summed E-state index contributed by atoms with van der Waals surface area (Å²) in [5, 5.41) is 3.93. The van der Waals surface area contributed by atoms with Crippen LogP contribution < -0.4 is 0 Å². The van der Waals surface area contributed by atoms with Crippen molar-refractivity contribution in [2.24, 2.45) is 5.41 Å². The van der Waals surface area contributed by atoms with Crippen molar-refractivity contribution in [3.8, 4) is 11.6 Å². The van der Waals surface area contributed by atoms with Crippen LogP contribution in [0.3, 0.4) is 0 Å². The Labute approximate surface area is 124 Å². The molecule has 0 bridgehead atoms. The molecule has 1 fully saturated rings. The van der Waals surface area contributed by atoms with Crippen LogP contribution in [0.25, 0.3) is 11.6 Å². The summed E-state index contributed by atoms with van der Waals surface area (Å²) in [6.07, 6.45) is 3.60. The molecule has 1 aliphatic rings. The lowest BCUT2D eigenvalue weighted by molar-refractivity contribution is 0.146. The van der Waals surface area contributed by atoms with Gasteiger partial charge in [-0.05, 0) is 36.3 Å². The molecule has 0 spiro atoms. The summed E-state index contributed by atoms with van der Waals surface area (Å²) in [6.45, 7) is 0. The molecule has 21 heavy (non-hydrogen) atoms. The Balaban J connectivity index is 1.77. The Bertz CT molecular complexity index is 630. The zero-order chi connectivity index (χ0) is 14.9. The largest absolute Gasteiger partial charge is 0.332 e. The van der Waals surface area contributed by atoms with Crippen LogP contribution in [-0.2, 0) is 6.42 Å². The molecule has 0 N–H and O–H groups in total. The number of nitrogens with zero attached hydrogens (tertiary/aromatic N) is 4. The first-order chi connectivity index (χ1) is 10.1. The van der Waals surface area contributed by atoms with Crippen molar-refractivity contribution in [1.82, 2.24) is 20.1 Å². The Hall–Kier alpha value is -1.57. The van der Waals surface area contributed by atoms with Crippen molar-refractivity contribution in [2.75, 3.05) is 12.0 Å². The van der Waals surface area contributed by atoms with Crippen LogP contribution in [0.5, 0.6) is 0 Å². The third-order valence-electron chi connectivity index (χ3n) is 3.54. The van der Waals surface area contributed by atoms with Crippen molar-refractivity contribution < 1.29 is 13.3 Å². The van der Waals surface area contributed by atoms with E-state index in [1.54, 1.807) is 0 Å². The fraction of sp³-hybridized carbons (Fsp3) is 0.538. The van der Waals surface area contributed by atoms with E-state index in [4.69, 9.17) is 4.52 Å². The van der Waals surface area contributed by atoms with Crippen LogP contribution >= 0.6 is 11.8 Å². The highest BCUT2D eigenvalue weighted by Crippen LogP contribution is 2.49. The molecule has 0 unspecified atom stereocenters. The molecule has 0 atom stereocenters. The van der Waals surface area contributed by atoms with Gasteiger partial charge in [-0.3, -0.25) is 0 Å². The van der Waals surface area contributed by atoms with Gasteiger partial charge >= 0.3 is 0 Å². The lowest BCUT2D eigenvalue weighted by Crippen LogP contribution is -2.09. The summed E-state index contributed by atoms with van der Waals surface area (Å²) in [6, 6.07) is 1.18. The molecule has 8 heteroatoms. The zero-order valence-electron chi connectivity index (χ0n) is 11.4. The topological polar surface area (TPSA) is 64.7 Å². The third kappa shape index (κ3) is 3.20. The average Bonchev–Trinajstić information content (AvgIpc) is 3.06. The molecule has 0 saturated heterocycles. The van der Waals surface area contributed by atoms with Crippen molar-refractivity contribution >= 4 is 11.8 Å². The summed E-state index contributed by atoms with van der Waals surface area (Å²) in [5.74, 6) is 1.84. The van der Waals surface area contributed by atoms with Gasteiger partial charge in [0.05, 0.1) is 0 Å². The molecule has 0 amide bonds. The first-order valence-corrected chi connectivity index (χ1v) is 7.93. The van der Waals surface area contributed by atoms with Gasteiger partial charge in [-0.25, -0.2) is 18.7 Å². The fourth-order valence-corrected chi connectivity index (χ4v) is 3.23. The van der Waals surface area contributed by atoms with E-state index in [0.29, 0.717) is 5.82 Å². The van der Waals surface area contributed by atoms with Crippen molar-refractivity contribution in [2.45, 2.75) is 25.7 Å². The summed E-state index contributed by atoms with van der Waals surface area (Å²) in [4.78, 5) is 11.7. The maximum atomic E-state index is 12.6. The molecule has 3 rings (SSSR count). The van der Waals surface area contributed by atoms with E-state index in [1.807, 2.05) is 11.8 Å². The number of thioether (sulfide) groups is 1. The summed E-state index contributed by atoms with van der Waals surface area (Å²) >= 11 is 1.81. The second kappa shape index (κ2) is 5.67. The number of hydrogen-bond acceptors (Lipinski definition) is 6. The van der Waals surface area contributed by atoms with Crippen LogP contribution in [0.15, 0.2) is 16.9 Å². The summed E-state index contributed by atoms with van der Waals surface area (Å²) < 4.78 is 30.4. The minimum absolute atomic E-state index is 0.161. The molecule has 2 heterocycles. The Morgan fingerprint density at radius 3 is 2.86 bits per heavy atom. The first-order valence-electron chi connectivity index (χ1n) is 6.54. The van der Waals surface area contributed by atoms with E-state index in [9.17, 15) is 8.78 Å². The molecule has 0 radical (unpaired) electrons. The van der Waals surface area contributed by atoms with Gasteiger partial charge in [-0.15, -0.1) is 0 Å². The molecule has 2 aromatic rings. The van der Waals surface area contributed by atoms with Gasteiger partial charge in [0.25, 0.3) is 12.3 Å². The molecule has 112 valence electrons. The van der Waals surface area contributed by atoms with Crippen LogP contribution in [0, 0.1) is 5.41 Å². The van der Waals surface area contributed by atoms with E-state index in [-0.39, 0.29) is 22.7 Å². The van der Waals surface area contributed by atoms with Gasteiger partial charge in [-0.2, -0.15) is 16.7 Å². The van der Waals surface area contributed by atoms with Gasteiger partial charge in [0.1, 0.15) is 17.7 Å². The second-order valence-corrected chi connectivity index (χ2v) is 6.12. The van der Waals surface area contributed by atoms with Crippen molar-refractivity contribution in [3.63, 3.8) is 0 Å². The Kier molecular flexibility index (Phi) is 3.88. The SMILES string of the molecule is CSCC1(Cc2noc(-c3cc(C(F)F)ncn3)n2)CC1. The second-order valence-electron chi connectivity index (χ2n) is 5.25. The van der Waals surface area contributed by atoms with Crippen LogP contribution in [-0.4, -0.2) is 32.1 Å². The number of halogens is 2. The standard InChI is InChI=1S/C13H14F2N4OS/c1-21-6-13(2-3-13)5-10-18-12(20-19-10)9-4-8(11(14)15)16-7-17-9/h4,7,11H,2-3,5-6H2,1H3. The van der Waals surface area contributed by atoms with E-state index in [0.717, 1.165) is 18.5 Å². The highest BCUT2D eigenvalue weighted by Gasteiger charge is 2.43. The molecule has 2 aromatic heterocycles. The normalized spacial score (nSPS) is 16.4. The summed E-state index contributed by atoms with van der Waals surface area (Å²) in [7, 11) is 0. The van der Waals surface area contributed by atoms with Crippen molar-refractivity contribution in [1.29, 1.82) is 0 Å². The van der Waals surface area contributed by atoms with E-state index >= 15 is 0 Å². The molecule has 1 aliphatic carbocycles. The fourth-order valence-electron chi connectivity index (χ4n) is 2.23. The molecule has 0 aromatic carbocycles. The Morgan fingerprint density at radius 1 is 1.38 bits per heavy atom. The van der Waals surface area contributed by atoms with Crippen LogP contribution in [0.4, 0.5) is 8.78 Å². The van der Waals surface area contributed by atoms with E-state index in [2.05, 4.69) is 26.4 Å². The molecular formula is C13H14F2N4OS. The lowest BCUT2D eigenvalue weighted by Gasteiger charge is -2.09. The van der Waals surface area contributed by atoms with E-state index < -0.39 is 6.43 Å². The quantitative estimate of drug-likeness (QED) is 0.816. The number of aromatic nitrogens is 4. The minimum atomic E-state index is -2.65. The summed E-state index contributed by atoms with van der Waals surface area (Å²) in [5.41, 5.74) is 0.162. The molecular weight excluding hydrogens is 298 g/mol. The predicted octanol–water partition coefficient (Wildman–Crippen LogP) is 3.15. The number of hydrogen-bond donors (Lipinski definition) is 0. The zero-order valence-corrected chi connectivity index (χ0v) is 12.2. The third-order valence-corrected chi connectivity index (χ3v) is 4.44. The first kappa shape index (κ1) is 14.4. The Morgan fingerprint density at radius 2 is 2.19 bits per heavy atom. The average molecular weight is 312 g/mol. The molecule has 5 nitrogen and oxygen atoms in total. The maximum absolute atomic E-state index is 12.6. The smallest absolute Gasteiger partial charge is 0.280 e. The van der Waals surface area contributed by atoms with E-state index in [1.165, 1.54) is 18.9 Å². The molecule has 1 saturated carbocycles. The lowest BCUT2D eigenvalue weighted by atomic mass is 10.1. The maximum Gasteiger partial charge on any atom is 0.280 e. The van der Waals surface area contributed by atoms with Gasteiger partial charge in [0.2, 0.25) is 0 Å². The monoisotopic (exact) mass is 312 g/mol. The van der Waals surface area contributed by atoms with Crippen LogP contribution in [0.1, 0.15) is 30.8 Å². The predicted molar refractivity (Wildman–Crippen MR) is 74.0 cm³/mol. The highest BCUT2D eigenvalue weighted by atomic mass is 32.2. The van der Waals surface area contributed by atoms with Gasteiger partial charge < -0.3 is 4.52 Å². The molecule has 0 aliphatic heterocycles. The minimum Gasteiger partial charge on any atom is -0.332 e. The van der Waals surface area contributed by atoms with Gasteiger partial charge in [0.15, 0.2) is 5.82 Å².